The Morgan fingerprint density at radius 3 is 2.30 bits per heavy atom. The summed E-state index contributed by atoms with van der Waals surface area (Å²) in [5, 5.41) is 3.60. The Balaban J connectivity index is 1.43. The van der Waals surface area contributed by atoms with Gasteiger partial charge in [0.2, 0.25) is 5.91 Å². The van der Waals surface area contributed by atoms with Crippen molar-refractivity contribution < 1.29 is 9.53 Å². The number of rotatable bonds is 8. The zero-order valence-corrected chi connectivity index (χ0v) is 15.8. The molecule has 0 aliphatic rings. The first-order valence-corrected chi connectivity index (χ1v) is 9.38. The van der Waals surface area contributed by atoms with Crippen molar-refractivity contribution in [3.05, 3.63) is 95.0 Å². The highest BCUT2D eigenvalue weighted by molar-refractivity contribution is 6.31. The van der Waals surface area contributed by atoms with Crippen molar-refractivity contribution in [2.24, 2.45) is 0 Å². The number of nitrogens with one attached hydrogen (secondary N) is 1. The van der Waals surface area contributed by atoms with Gasteiger partial charge in [-0.3, -0.25) is 4.79 Å². The first-order chi connectivity index (χ1) is 13.2. The van der Waals surface area contributed by atoms with Gasteiger partial charge in [-0.15, -0.1) is 0 Å². The molecule has 0 fully saturated rings. The highest BCUT2D eigenvalue weighted by Gasteiger charge is 2.06. The lowest BCUT2D eigenvalue weighted by molar-refractivity contribution is -0.116. The minimum Gasteiger partial charge on any atom is -0.493 e. The fraction of sp³-hybridized carbons (Fsp3) is 0.174. The van der Waals surface area contributed by atoms with E-state index >= 15 is 0 Å². The quantitative estimate of drug-likeness (QED) is 0.558. The summed E-state index contributed by atoms with van der Waals surface area (Å²) < 4.78 is 5.76. The van der Waals surface area contributed by atoms with Gasteiger partial charge >= 0.3 is 0 Å². The molecule has 3 nitrogen and oxygen atoms in total. The number of aryl methyl sites for hydroxylation is 1. The number of amides is 1. The van der Waals surface area contributed by atoms with Crippen LogP contribution in [-0.4, -0.2) is 12.5 Å². The summed E-state index contributed by atoms with van der Waals surface area (Å²) in [5.41, 5.74) is 2.99. The van der Waals surface area contributed by atoms with Crippen molar-refractivity contribution in [3.63, 3.8) is 0 Å². The zero-order chi connectivity index (χ0) is 18.9. The smallest absolute Gasteiger partial charge is 0.224 e. The molecule has 0 spiro atoms. The van der Waals surface area contributed by atoms with Crippen LogP contribution in [0, 0.1) is 0 Å². The number of anilines is 1. The van der Waals surface area contributed by atoms with Crippen molar-refractivity contribution in [1.29, 1.82) is 0 Å². The molecular weight excluding hydrogens is 358 g/mol. The van der Waals surface area contributed by atoms with E-state index in [2.05, 4.69) is 17.4 Å². The van der Waals surface area contributed by atoms with Gasteiger partial charge in [0.1, 0.15) is 5.75 Å². The minimum atomic E-state index is -0.0346. The molecule has 3 aromatic carbocycles. The molecule has 0 heterocycles. The maximum atomic E-state index is 12.1. The molecule has 138 valence electrons. The highest BCUT2D eigenvalue weighted by atomic mass is 35.5. The number of hydrogen-bond donors (Lipinski definition) is 1. The molecule has 27 heavy (non-hydrogen) atoms. The van der Waals surface area contributed by atoms with Crippen LogP contribution in [0.1, 0.15) is 17.5 Å². The molecule has 4 heteroatoms. The van der Waals surface area contributed by atoms with E-state index in [0.29, 0.717) is 24.5 Å². The van der Waals surface area contributed by atoms with Gasteiger partial charge in [0, 0.05) is 23.6 Å². The molecule has 0 saturated heterocycles. The summed E-state index contributed by atoms with van der Waals surface area (Å²) in [6.07, 6.45) is 1.87. The topological polar surface area (TPSA) is 38.3 Å². The van der Waals surface area contributed by atoms with Gasteiger partial charge in [0.05, 0.1) is 6.61 Å². The fourth-order valence-electron chi connectivity index (χ4n) is 2.74. The van der Waals surface area contributed by atoms with Crippen LogP contribution in [0.3, 0.4) is 0 Å². The first-order valence-electron chi connectivity index (χ1n) is 9.01. The molecule has 0 unspecified atom stereocenters. The van der Waals surface area contributed by atoms with E-state index in [1.165, 1.54) is 5.56 Å². The van der Waals surface area contributed by atoms with Crippen LogP contribution >= 0.6 is 11.6 Å². The monoisotopic (exact) mass is 379 g/mol. The second kappa shape index (κ2) is 9.79. The van der Waals surface area contributed by atoms with Gasteiger partial charge in [0.15, 0.2) is 0 Å². The zero-order valence-electron chi connectivity index (χ0n) is 15.0. The Morgan fingerprint density at radius 2 is 1.56 bits per heavy atom. The van der Waals surface area contributed by atoms with E-state index in [1.54, 1.807) is 0 Å². The molecule has 1 amide bonds. The van der Waals surface area contributed by atoms with Crippen molar-refractivity contribution in [3.8, 4) is 5.75 Å². The number of ether oxygens (including phenoxy) is 1. The van der Waals surface area contributed by atoms with Crippen LogP contribution < -0.4 is 10.1 Å². The molecule has 0 radical (unpaired) electrons. The van der Waals surface area contributed by atoms with E-state index in [1.807, 2.05) is 66.7 Å². The first kappa shape index (κ1) is 19.0. The summed E-state index contributed by atoms with van der Waals surface area (Å²) in [6, 6.07) is 25.3. The predicted molar refractivity (Wildman–Crippen MR) is 110 cm³/mol. The minimum absolute atomic E-state index is 0.0346. The van der Waals surface area contributed by atoms with Crippen LogP contribution in [-0.2, 0) is 17.6 Å². The second-order valence-corrected chi connectivity index (χ2v) is 6.66. The standard InChI is InChI=1S/C23H22ClNO2/c24-22-9-5-4-8-19(22)10-15-23(26)25-20-11-13-21(14-12-20)27-17-16-18-6-2-1-3-7-18/h1-9,11-14H,10,15-17H2,(H,25,26). The van der Waals surface area contributed by atoms with Gasteiger partial charge in [-0.2, -0.15) is 0 Å². The van der Waals surface area contributed by atoms with E-state index in [0.717, 1.165) is 23.4 Å². The van der Waals surface area contributed by atoms with Crippen LogP contribution in [0.2, 0.25) is 5.02 Å². The van der Waals surface area contributed by atoms with Crippen LogP contribution in [0.25, 0.3) is 0 Å². The normalized spacial score (nSPS) is 10.4. The third kappa shape index (κ3) is 6.15. The number of carbonyl (C=O) groups is 1. The Hall–Kier alpha value is -2.78. The molecule has 0 atom stereocenters. The highest BCUT2D eigenvalue weighted by Crippen LogP contribution is 2.18. The fourth-order valence-corrected chi connectivity index (χ4v) is 2.97. The van der Waals surface area contributed by atoms with Crippen molar-refractivity contribution in [2.75, 3.05) is 11.9 Å². The molecule has 0 saturated carbocycles. The van der Waals surface area contributed by atoms with Gasteiger partial charge in [-0.1, -0.05) is 60.1 Å². The number of hydrogen-bond acceptors (Lipinski definition) is 2. The molecule has 3 aromatic rings. The van der Waals surface area contributed by atoms with E-state index in [4.69, 9.17) is 16.3 Å². The summed E-state index contributed by atoms with van der Waals surface area (Å²) in [5.74, 6) is 0.757. The Kier molecular flexibility index (Phi) is 6.89. The SMILES string of the molecule is O=C(CCc1ccccc1Cl)Nc1ccc(OCCc2ccccc2)cc1. The van der Waals surface area contributed by atoms with Crippen LogP contribution in [0.4, 0.5) is 5.69 Å². The van der Waals surface area contributed by atoms with Crippen LogP contribution in [0.5, 0.6) is 5.75 Å². The third-order valence-corrected chi connectivity index (χ3v) is 4.59. The Labute approximate surface area is 164 Å². The molecule has 0 aliphatic carbocycles. The Bertz CT molecular complexity index is 863. The number of carbonyl (C=O) groups excluding carboxylic acids is 1. The van der Waals surface area contributed by atoms with Crippen molar-refractivity contribution in [1.82, 2.24) is 0 Å². The molecule has 1 N–H and O–H groups in total. The third-order valence-electron chi connectivity index (χ3n) is 4.22. The van der Waals surface area contributed by atoms with E-state index < -0.39 is 0 Å². The summed E-state index contributed by atoms with van der Waals surface area (Å²) in [4.78, 5) is 12.1. The summed E-state index contributed by atoms with van der Waals surface area (Å²) >= 11 is 6.12. The van der Waals surface area contributed by atoms with E-state index in [9.17, 15) is 4.79 Å². The van der Waals surface area contributed by atoms with Gasteiger partial charge in [-0.05, 0) is 47.9 Å². The lowest BCUT2D eigenvalue weighted by atomic mass is 10.1. The van der Waals surface area contributed by atoms with Gasteiger partial charge < -0.3 is 10.1 Å². The van der Waals surface area contributed by atoms with E-state index in [-0.39, 0.29) is 5.91 Å². The second-order valence-electron chi connectivity index (χ2n) is 6.25. The average Bonchev–Trinajstić information content (AvgIpc) is 2.69. The predicted octanol–water partition coefficient (Wildman–Crippen LogP) is 5.53. The van der Waals surface area contributed by atoms with Crippen LogP contribution in [0.15, 0.2) is 78.9 Å². The van der Waals surface area contributed by atoms with Crippen molar-refractivity contribution >= 4 is 23.2 Å². The Morgan fingerprint density at radius 1 is 0.852 bits per heavy atom. The largest absolute Gasteiger partial charge is 0.493 e. The number of benzene rings is 3. The van der Waals surface area contributed by atoms with Gasteiger partial charge in [0.25, 0.3) is 0 Å². The molecule has 0 aliphatic heterocycles. The maximum Gasteiger partial charge on any atom is 0.224 e. The molecular formula is C23H22ClNO2. The maximum absolute atomic E-state index is 12.1. The van der Waals surface area contributed by atoms with Gasteiger partial charge in [-0.25, -0.2) is 0 Å². The average molecular weight is 380 g/mol. The lowest BCUT2D eigenvalue weighted by Gasteiger charge is -2.09. The molecule has 3 rings (SSSR count). The molecule has 0 bridgehead atoms. The number of halogens is 1. The summed E-state index contributed by atoms with van der Waals surface area (Å²) in [6.45, 7) is 0.619. The molecule has 0 aromatic heterocycles. The van der Waals surface area contributed by atoms with Crippen molar-refractivity contribution in [2.45, 2.75) is 19.3 Å². The lowest BCUT2D eigenvalue weighted by Crippen LogP contribution is -2.12. The summed E-state index contributed by atoms with van der Waals surface area (Å²) in [7, 11) is 0.